The van der Waals surface area contributed by atoms with Crippen molar-refractivity contribution in [3.63, 3.8) is 0 Å². The van der Waals surface area contributed by atoms with Crippen LogP contribution in [-0.2, 0) is 11.2 Å². The molecular weight excluding hydrogens is 248 g/mol. The molecule has 0 saturated carbocycles. The fraction of sp³-hybridized carbons (Fsp3) is 0.667. The summed E-state index contributed by atoms with van der Waals surface area (Å²) in [5.41, 5.74) is 2.22. The molecule has 0 amide bonds. The second kappa shape index (κ2) is 5.50. The van der Waals surface area contributed by atoms with Gasteiger partial charge in [-0.15, -0.1) is 0 Å². The standard InChI is InChI=1S/C18H30O2/c1-11(2)13-9-15(17(5,6)19)16(18(7,8)20)10-14(13)12(3)4/h9-12,19-20H,1-8H3. The minimum Gasteiger partial charge on any atom is -0.386 e. The van der Waals surface area contributed by atoms with E-state index in [1.807, 2.05) is 0 Å². The van der Waals surface area contributed by atoms with Gasteiger partial charge in [0.15, 0.2) is 0 Å². The van der Waals surface area contributed by atoms with Crippen LogP contribution in [0.25, 0.3) is 0 Å². The monoisotopic (exact) mass is 278 g/mol. The molecule has 114 valence electrons. The third kappa shape index (κ3) is 3.62. The summed E-state index contributed by atoms with van der Waals surface area (Å²) in [5.74, 6) is 0.786. The predicted octanol–water partition coefficient (Wildman–Crippen LogP) is 4.39. The van der Waals surface area contributed by atoms with E-state index in [-0.39, 0.29) is 0 Å². The van der Waals surface area contributed by atoms with Crippen LogP contribution in [0.3, 0.4) is 0 Å². The van der Waals surface area contributed by atoms with Crippen molar-refractivity contribution in [2.45, 2.75) is 78.4 Å². The van der Waals surface area contributed by atoms with Crippen molar-refractivity contribution in [1.29, 1.82) is 0 Å². The summed E-state index contributed by atoms with van der Waals surface area (Å²) >= 11 is 0. The van der Waals surface area contributed by atoms with E-state index in [0.717, 1.165) is 11.1 Å². The molecular formula is C18H30O2. The maximum Gasteiger partial charge on any atom is 0.0844 e. The minimum atomic E-state index is -0.964. The topological polar surface area (TPSA) is 40.5 Å². The summed E-state index contributed by atoms with van der Waals surface area (Å²) in [7, 11) is 0. The summed E-state index contributed by atoms with van der Waals surface area (Å²) in [6, 6.07) is 4.15. The van der Waals surface area contributed by atoms with Gasteiger partial charge in [-0.3, -0.25) is 0 Å². The first-order chi connectivity index (χ1) is 8.85. The van der Waals surface area contributed by atoms with Gasteiger partial charge in [0.05, 0.1) is 11.2 Å². The largest absolute Gasteiger partial charge is 0.386 e. The third-order valence-electron chi connectivity index (χ3n) is 3.79. The molecule has 0 unspecified atom stereocenters. The highest BCUT2D eigenvalue weighted by Crippen LogP contribution is 2.37. The highest BCUT2D eigenvalue weighted by molar-refractivity contribution is 5.45. The normalized spacial score (nSPS) is 13.4. The molecule has 2 nitrogen and oxygen atoms in total. The fourth-order valence-electron chi connectivity index (χ4n) is 2.65. The zero-order chi connectivity index (χ0) is 15.9. The molecule has 2 N–H and O–H groups in total. The number of hydrogen-bond acceptors (Lipinski definition) is 2. The Morgan fingerprint density at radius 2 is 0.950 bits per heavy atom. The molecule has 2 heteroatoms. The molecule has 0 radical (unpaired) electrons. The predicted molar refractivity (Wildman–Crippen MR) is 85.1 cm³/mol. The molecule has 0 atom stereocenters. The van der Waals surface area contributed by atoms with E-state index in [9.17, 15) is 10.2 Å². The molecule has 0 spiro atoms. The van der Waals surface area contributed by atoms with Gasteiger partial charge in [-0.1, -0.05) is 39.8 Å². The van der Waals surface area contributed by atoms with E-state index in [4.69, 9.17) is 0 Å². The molecule has 0 aliphatic rings. The zero-order valence-electron chi connectivity index (χ0n) is 14.2. The lowest BCUT2D eigenvalue weighted by molar-refractivity contribution is 0.0522. The van der Waals surface area contributed by atoms with Crippen LogP contribution in [0.2, 0.25) is 0 Å². The quantitative estimate of drug-likeness (QED) is 0.857. The van der Waals surface area contributed by atoms with Crippen LogP contribution in [0.15, 0.2) is 12.1 Å². The summed E-state index contributed by atoms with van der Waals surface area (Å²) in [6.07, 6.45) is 0. The van der Waals surface area contributed by atoms with Crippen molar-refractivity contribution in [3.05, 3.63) is 34.4 Å². The van der Waals surface area contributed by atoms with Gasteiger partial charge in [-0.2, -0.15) is 0 Å². The molecule has 0 saturated heterocycles. The number of hydrogen-bond donors (Lipinski definition) is 2. The van der Waals surface area contributed by atoms with Gasteiger partial charge in [-0.25, -0.2) is 0 Å². The van der Waals surface area contributed by atoms with Crippen LogP contribution < -0.4 is 0 Å². The number of rotatable bonds is 4. The Labute approximate surface area is 123 Å². The maximum absolute atomic E-state index is 10.5. The van der Waals surface area contributed by atoms with E-state index in [1.165, 1.54) is 11.1 Å². The van der Waals surface area contributed by atoms with Crippen LogP contribution in [0.4, 0.5) is 0 Å². The van der Waals surface area contributed by atoms with E-state index in [0.29, 0.717) is 11.8 Å². The molecule has 0 aromatic heterocycles. The Balaban J connectivity index is 3.71. The summed E-state index contributed by atoms with van der Waals surface area (Å²) < 4.78 is 0. The summed E-state index contributed by atoms with van der Waals surface area (Å²) in [4.78, 5) is 0. The third-order valence-corrected chi connectivity index (χ3v) is 3.79. The van der Waals surface area contributed by atoms with Gasteiger partial charge >= 0.3 is 0 Å². The molecule has 20 heavy (non-hydrogen) atoms. The van der Waals surface area contributed by atoms with Crippen LogP contribution in [0, 0.1) is 0 Å². The highest BCUT2D eigenvalue weighted by Gasteiger charge is 2.30. The average Bonchev–Trinajstić information content (AvgIpc) is 2.24. The highest BCUT2D eigenvalue weighted by atomic mass is 16.3. The van der Waals surface area contributed by atoms with Crippen LogP contribution in [0.1, 0.15) is 89.5 Å². The van der Waals surface area contributed by atoms with E-state index in [1.54, 1.807) is 27.7 Å². The van der Waals surface area contributed by atoms with Crippen molar-refractivity contribution < 1.29 is 10.2 Å². The maximum atomic E-state index is 10.5. The number of benzene rings is 1. The zero-order valence-corrected chi connectivity index (χ0v) is 14.2. The first kappa shape index (κ1) is 17.2. The van der Waals surface area contributed by atoms with Crippen molar-refractivity contribution in [1.82, 2.24) is 0 Å². The lowest BCUT2D eigenvalue weighted by atomic mass is 9.79. The Hall–Kier alpha value is -0.860. The molecule has 0 aliphatic heterocycles. The molecule has 0 bridgehead atoms. The molecule has 1 rings (SSSR count). The van der Waals surface area contributed by atoms with Gasteiger partial charge in [0, 0.05) is 0 Å². The Morgan fingerprint density at radius 1 is 0.700 bits per heavy atom. The first-order valence-corrected chi connectivity index (χ1v) is 7.49. The van der Waals surface area contributed by atoms with Gasteiger partial charge < -0.3 is 10.2 Å². The molecule has 1 aromatic carbocycles. The van der Waals surface area contributed by atoms with E-state index < -0.39 is 11.2 Å². The molecule has 1 aromatic rings. The van der Waals surface area contributed by atoms with E-state index >= 15 is 0 Å². The lowest BCUT2D eigenvalue weighted by Crippen LogP contribution is -2.27. The number of aliphatic hydroxyl groups is 2. The summed E-state index contributed by atoms with van der Waals surface area (Å²) in [6.45, 7) is 15.8. The van der Waals surface area contributed by atoms with Crippen LogP contribution >= 0.6 is 0 Å². The molecule has 0 aliphatic carbocycles. The van der Waals surface area contributed by atoms with Gasteiger partial charge in [0.1, 0.15) is 0 Å². The Morgan fingerprint density at radius 3 is 1.10 bits per heavy atom. The van der Waals surface area contributed by atoms with Crippen molar-refractivity contribution in [3.8, 4) is 0 Å². The average molecular weight is 278 g/mol. The van der Waals surface area contributed by atoms with Crippen molar-refractivity contribution >= 4 is 0 Å². The second-order valence-electron chi connectivity index (χ2n) is 7.45. The SMILES string of the molecule is CC(C)c1cc(C(C)(C)O)c(C(C)(C)O)cc1C(C)C. The Kier molecular flexibility index (Phi) is 4.72. The Bertz CT molecular complexity index is 426. The van der Waals surface area contributed by atoms with Crippen LogP contribution in [0.5, 0.6) is 0 Å². The summed E-state index contributed by atoms with van der Waals surface area (Å²) in [5, 5.41) is 20.9. The van der Waals surface area contributed by atoms with Crippen molar-refractivity contribution in [2.75, 3.05) is 0 Å². The van der Waals surface area contributed by atoms with Gasteiger partial charge in [0.25, 0.3) is 0 Å². The van der Waals surface area contributed by atoms with Crippen molar-refractivity contribution in [2.24, 2.45) is 0 Å². The lowest BCUT2D eigenvalue weighted by Gasteiger charge is -2.31. The van der Waals surface area contributed by atoms with E-state index in [2.05, 4.69) is 39.8 Å². The van der Waals surface area contributed by atoms with Gasteiger partial charge in [-0.05, 0) is 61.8 Å². The second-order valence-corrected chi connectivity index (χ2v) is 7.45. The molecule has 0 fully saturated rings. The van der Waals surface area contributed by atoms with Gasteiger partial charge in [0.2, 0.25) is 0 Å². The smallest absolute Gasteiger partial charge is 0.0844 e. The molecule has 0 heterocycles. The minimum absolute atomic E-state index is 0.393. The van der Waals surface area contributed by atoms with Crippen LogP contribution in [-0.4, -0.2) is 10.2 Å². The fourth-order valence-corrected chi connectivity index (χ4v) is 2.65. The first-order valence-electron chi connectivity index (χ1n) is 7.49.